The average Bonchev–Trinajstić information content (AvgIpc) is 3.35. The number of thioether (sulfide) groups is 1. The fourth-order valence-electron chi connectivity index (χ4n) is 4.12. The maximum absolute atomic E-state index is 13.4. The number of thiazole rings is 1. The maximum atomic E-state index is 13.4. The molecular weight excluding hydrogens is 530 g/mol. The molecule has 7 nitrogen and oxygen atoms in total. The van der Waals surface area contributed by atoms with E-state index in [1.54, 1.807) is 30.2 Å². The summed E-state index contributed by atoms with van der Waals surface area (Å²) in [5, 5.41) is 0.756. The number of methoxy groups -OCH3 is 1. The second-order valence-corrected chi connectivity index (χ2v) is 10.7. The van der Waals surface area contributed by atoms with Gasteiger partial charge in [-0.1, -0.05) is 17.4 Å². The fraction of sp³-hybridized carbons (Fsp3) is 0.481. The summed E-state index contributed by atoms with van der Waals surface area (Å²) in [4.78, 5) is 23.7. The zero-order valence-corrected chi connectivity index (χ0v) is 24.0. The van der Waals surface area contributed by atoms with Gasteiger partial charge >= 0.3 is 0 Å². The lowest BCUT2D eigenvalue weighted by molar-refractivity contribution is -0.118. The summed E-state index contributed by atoms with van der Waals surface area (Å²) in [6.45, 7) is 7.64. The number of halogens is 1. The minimum absolute atomic E-state index is 0. The number of rotatable bonds is 13. The predicted octanol–water partition coefficient (Wildman–Crippen LogP) is 5.75. The molecule has 0 aliphatic carbocycles. The molecule has 0 N–H and O–H groups in total. The highest BCUT2D eigenvalue weighted by atomic mass is 35.5. The topological polar surface area (TPSA) is 64.1 Å². The van der Waals surface area contributed by atoms with Crippen molar-refractivity contribution in [3.8, 4) is 11.5 Å². The summed E-state index contributed by atoms with van der Waals surface area (Å²) in [7, 11) is 1.67. The van der Waals surface area contributed by atoms with Gasteiger partial charge in [-0.3, -0.25) is 14.6 Å². The lowest BCUT2D eigenvalue weighted by Gasteiger charge is -2.27. The Hall–Kier alpha value is -2.04. The van der Waals surface area contributed by atoms with E-state index in [0.717, 1.165) is 78.3 Å². The highest BCUT2D eigenvalue weighted by Crippen LogP contribution is 2.35. The first-order chi connectivity index (χ1) is 17.7. The molecule has 0 saturated carbocycles. The molecule has 1 fully saturated rings. The Balaban J connectivity index is 0.00000380. The Bertz CT molecular complexity index is 1110. The third-order valence-corrected chi connectivity index (χ3v) is 8.17. The Morgan fingerprint density at radius 2 is 1.95 bits per heavy atom. The van der Waals surface area contributed by atoms with Crippen LogP contribution in [0.4, 0.5) is 5.13 Å². The highest BCUT2D eigenvalue weighted by molar-refractivity contribution is 7.99. The molecule has 1 aliphatic heterocycles. The van der Waals surface area contributed by atoms with Crippen LogP contribution in [0.3, 0.4) is 0 Å². The first-order valence-corrected chi connectivity index (χ1v) is 14.4. The van der Waals surface area contributed by atoms with Gasteiger partial charge in [0.2, 0.25) is 5.91 Å². The number of benzene rings is 2. The molecule has 2 aromatic carbocycles. The van der Waals surface area contributed by atoms with Crippen LogP contribution < -0.4 is 14.4 Å². The number of amides is 1. The Morgan fingerprint density at radius 1 is 1.16 bits per heavy atom. The van der Waals surface area contributed by atoms with E-state index >= 15 is 0 Å². The number of hydrogen-bond acceptors (Lipinski definition) is 8. The lowest BCUT2D eigenvalue weighted by atomic mass is 10.2. The number of para-hydroxylation sites is 1. The van der Waals surface area contributed by atoms with Crippen molar-refractivity contribution in [3.05, 3.63) is 42.5 Å². The maximum Gasteiger partial charge on any atom is 0.228 e. The molecule has 0 bridgehead atoms. The number of carbonyl (C=O) groups excluding carboxylic acids is 1. The van der Waals surface area contributed by atoms with Crippen LogP contribution in [0.5, 0.6) is 11.5 Å². The van der Waals surface area contributed by atoms with Crippen molar-refractivity contribution in [2.24, 2.45) is 0 Å². The van der Waals surface area contributed by atoms with Gasteiger partial charge in [0.15, 0.2) is 5.13 Å². The van der Waals surface area contributed by atoms with Gasteiger partial charge in [0.1, 0.15) is 17.0 Å². The summed E-state index contributed by atoms with van der Waals surface area (Å²) in [5.41, 5.74) is 0.834. The monoisotopic (exact) mass is 565 g/mol. The average molecular weight is 566 g/mol. The van der Waals surface area contributed by atoms with Gasteiger partial charge < -0.3 is 14.2 Å². The zero-order valence-electron chi connectivity index (χ0n) is 21.5. The van der Waals surface area contributed by atoms with Crippen molar-refractivity contribution in [1.29, 1.82) is 0 Å². The molecule has 1 saturated heterocycles. The molecule has 10 heteroatoms. The fourth-order valence-corrected chi connectivity index (χ4v) is 6.00. The molecule has 0 radical (unpaired) electrons. The molecule has 3 aromatic rings. The second-order valence-electron chi connectivity index (χ2n) is 8.51. The van der Waals surface area contributed by atoms with Crippen molar-refractivity contribution in [1.82, 2.24) is 9.88 Å². The van der Waals surface area contributed by atoms with Crippen LogP contribution in [0.2, 0.25) is 0 Å². The molecule has 37 heavy (non-hydrogen) atoms. The number of carbonyl (C=O) groups is 1. The van der Waals surface area contributed by atoms with E-state index in [9.17, 15) is 4.79 Å². The molecule has 1 aromatic heterocycles. The van der Waals surface area contributed by atoms with E-state index < -0.39 is 0 Å². The zero-order chi connectivity index (χ0) is 25.2. The molecule has 0 spiro atoms. The van der Waals surface area contributed by atoms with Crippen molar-refractivity contribution >= 4 is 56.8 Å². The van der Waals surface area contributed by atoms with E-state index in [4.69, 9.17) is 19.2 Å². The summed E-state index contributed by atoms with van der Waals surface area (Å²) in [6, 6.07) is 14.0. The minimum Gasteiger partial charge on any atom is -0.497 e. The molecule has 1 amide bonds. The molecule has 202 valence electrons. The van der Waals surface area contributed by atoms with Crippen LogP contribution in [0, 0.1) is 0 Å². The third kappa shape index (κ3) is 8.48. The molecule has 2 heterocycles. The SMILES string of the molecule is CCOc1cccc2sc(N(CCCN3CCOCC3)C(=O)CCCSc3ccc(OC)cc3)nc12.Cl. The largest absolute Gasteiger partial charge is 0.497 e. The second kappa shape index (κ2) is 15.4. The van der Waals surface area contributed by atoms with Crippen molar-refractivity contribution in [2.45, 2.75) is 31.1 Å². The van der Waals surface area contributed by atoms with Crippen LogP contribution in [0.25, 0.3) is 10.2 Å². The van der Waals surface area contributed by atoms with Gasteiger partial charge in [0.25, 0.3) is 0 Å². The van der Waals surface area contributed by atoms with Gasteiger partial charge in [-0.25, -0.2) is 4.98 Å². The normalized spacial score (nSPS) is 13.8. The number of morpholine rings is 1. The van der Waals surface area contributed by atoms with E-state index in [1.165, 1.54) is 4.90 Å². The quantitative estimate of drug-likeness (QED) is 0.193. The number of aromatic nitrogens is 1. The highest BCUT2D eigenvalue weighted by Gasteiger charge is 2.21. The van der Waals surface area contributed by atoms with Gasteiger partial charge in [0.05, 0.1) is 31.6 Å². The smallest absolute Gasteiger partial charge is 0.228 e. The number of fused-ring (bicyclic) bond motifs is 1. The summed E-state index contributed by atoms with van der Waals surface area (Å²) < 4.78 is 17.5. The van der Waals surface area contributed by atoms with Crippen LogP contribution in [0.15, 0.2) is 47.4 Å². The van der Waals surface area contributed by atoms with Gasteiger partial charge in [-0.05, 0) is 61.9 Å². The molecule has 0 unspecified atom stereocenters. The van der Waals surface area contributed by atoms with E-state index in [2.05, 4.69) is 17.0 Å². The van der Waals surface area contributed by atoms with Crippen LogP contribution in [0.1, 0.15) is 26.2 Å². The summed E-state index contributed by atoms with van der Waals surface area (Å²) in [5.74, 6) is 2.64. The third-order valence-electron chi connectivity index (χ3n) is 6.03. The minimum atomic E-state index is 0. The van der Waals surface area contributed by atoms with Gasteiger partial charge in [-0.2, -0.15) is 0 Å². The van der Waals surface area contributed by atoms with Crippen molar-refractivity contribution in [2.75, 3.05) is 63.8 Å². The number of nitrogens with zero attached hydrogens (tertiary/aromatic N) is 3. The lowest BCUT2D eigenvalue weighted by Crippen LogP contribution is -2.39. The van der Waals surface area contributed by atoms with Gasteiger partial charge in [0, 0.05) is 37.5 Å². The Labute approximate surface area is 233 Å². The predicted molar refractivity (Wildman–Crippen MR) is 155 cm³/mol. The molecule has 1 aliphatic rings. The Morgan fingerprint density at radius 3 is 2.68 bits per heavy atom. The molecule has 4 rings (SSSR count). The number of ether oxygens (including phenoxy) is 3. The van der Waals surface area contributed by atoms with Crippen molar-refractivity contribution in [3.63, 3.8) is 0 Å². The number of hydrogen-bond donors (Lipinski definition) is 0. The van der Waals surface area contributed by atoms with Crippen LogP contribution in [-0.4, -0.2) is 74.7 Å². The van der Waals surface area contributed by atoms with Crippen LogP contribution in [-0.2, 0) is 9.53 Å². The van der Waals surface area contributed by atoms with Gasteiger partial charge in [-0.15, -0.1) is 24.2 Å². The summed E-state index contributed by atoms with van der Waals surface area (Å²) >= 11 is 3.33. The Kier molecular flexibility index (Phi) is 12.3. The standard InChI is InChI=1S/C27H35N3O4S2.ClH/c1-3-34-23-7-4-8-24-26(23)28-27(36-24)30(15-6-14-29-16-18-33-19-17-29)25(31)9-5-20-35-22-12-10-21(32-2)11-13-22;/h4,7-8,10-13H,3,5-6,9,14-20H2,1-2H3;1H. The van der Waals surface area contributed by atoms with Crippen molar-refractivity contribution < 1.29 is 19.0 Å². The molecular formula is C27H36ClN3O4S2. The number of anilines is 1. The molecule has 0 atom stereocenters. The van der Waals surface area contributed by atoms with Crippen LogP contribution >= 0.6 is 35.5 Å². The van der Waals surface area contributed by atoms with E-state index in [-0.39, 0.29) is 18.3 Å². The first kappa shape index (κ1) is 29.5. The van der Waals surface area contributed by atoms with E-state index in [1.807, 2.05) is 42.2 Å². The first-order valence-electron chi connectivity index (χ1n) is 12.6. The summed E-state index contributed by atoms with van der Waals surface area (Å²) in [6.07, 6.45) is 2.21. The van der Waals surface area contributed by atoms with E-state index in [0.29, 0.717) is 19.6 Å².